The number of carbonyl (C=O) groups is 2. The predicted octanol–water partition coefficient (Wildman–Crippen LogP) is 6.67. The molecule has 0 fully saturated rings. The number of halogens is 1. The van der Waals surface area contributed by atoms with Gasteiger partial charge in [-0.3, -0.25) is 19.2 Å². The summed E-state index contributed by atoms with van der Waals surface area (Å²) in [4.78, 5) is 37.9. The highest BCUT2D eigenvalue weighted by molar-refractivity contribution is 9.10. The van der Waals surface area contributed by atoms with Crippen LogP contribution in [0.3, 0.4) is 0 Å². The highest BCUT2D eigenvalue weighted by atomic mass is 79.9. The maximum absolute atomic E-state index is 13.6. The summed E-state index contributed by atoms with van der Waals surface area (Å²) in [6.45, 7) is 3.46. The van der Waals surface area contributed by atoms with Crippen molar-refractivity contribution in [3.8, 4) is 16.9 Å². The van der Waals surface area contributed by atoms with E-state index >= 15 is 0 Å². The van der Waals surface area contributed by atoms with Crippen molar-refractivity contribution in [1.82, 2.24) is 24.6 Å². The Hall–Kier alpha value is -4.80. The minimum Gasteiger partial charge on any atom is -0.495 e. The number of nitrogens with zero attached hydrogens (tertiary/aromatic N) is 5. The number of hydrogen-bond acceptors (Lipinski definition) is 9. The topological polar surface area (TPSA) is 131 Å². The first-order valence-electron chi connectivity index (χ1n) is 15.0. The van der Waals surface area contributed by atoms with E-state index in [9.17, 15) is 14.2 Å². The van der Waals surface area contributed by atoms with Gasteiger partial charge in [-0.2, -0.15) is 10.1 Å². The Morgan fingerprint density at radius 1 is 0.915 bits per heavy atom. The second-order valence-corrected chi connectivity index (χ2v) is 15.9. The summed E-state index contributed by atoms with van der Waals surface area (Å²) < 4.78 is 21.3. The first-order valence-corrected chi connectivity index (χ1v) is 18.4. The van der Waals surface area contributed by atoms with E-state index in [2.05, 4.69) is 36.6 Å². The van der Waals surface area contributed by atoms with E-state index in [1.807, 2.05) is 54.3 Å². The number of hydrogen-bond donors (Lipinski definition) is 2. The van der Waals surface area contributed by atoms with Crippen LogP contribution >= 0.6 is 23.1 Å². The van der Waals surface area contributed by atoms with Gasteiger partial charge in [0.05, 0.1) is 46.3 Å². The van der Waals surface area contributed by atoms with E-state index in [4.69, 9.17) is 9.72 Å². The van der Waals surface area contributed by atoms with Crippen molar-refractivity contribution in [1.29, 1.82) is 0 Å². The molecule has 1 aliphatic heterocycles. The molecule has 0 spiro atoms. The van der Waals surface area contributed by atoms with Crippen molar-refractivity contribution >= 4 is 63.3 Å². The van der Waals surface area contributed by atoms with E-state index in [0.717, 1.165) is 22.4 Å². The molecule has 1 unspecified atom stereocenters. The summed E-state index contributed by atoms with van der Waals surface area (Å²) in [5, 5.41) is 11.9. The number of imide groups is 1. The number of aromatic nitrogens is 4. The molecule has 11 nitrogen and oxygen atoms in total. The van der Waals surface area contributed by atoms with Crippen LogP contribution in [-0.2, 0) is 18.0 Å². The summed E-state index contributed by atoms with van der Waals surface area (Å²) in [6.07, 6.45) is 4.57. The van der Waals surface area contributed by atoms with Gasteiger partial charge in [-0.05, 0) is 89.6 Å². The standard InChI is InChI=1S/C34H31BrN7O4P/c1-41-27-13-14-28(42-32(43)19-9-5-6-10-20(19)33(42)44)22-16-29(46-2)26(15-21(22)23(27)17-37-41)39-34-36-18-24(35)31(40-34)38-25-11-7-8-12-30(25)47(3,4)45/h5-12,15-18,28H,13-14H2,1-4H3,(H2,36,38,39,40). The first-order chi connectivity index (χ1) is 22.5. The molecule has 0 bridgehead atoms. The average Bonchev–Trinajstić information content (AvgIpc) is 3.48. The van der Waals surface area contributed by atoms with Crippen LogP contribution in [0.15, 0.2) is 77.5 Å². The van der Waals surface area contributed by atoms with Crippen LogP contribution in [0.25, 0.3) is 11.1 Å². The third-order valence-corrected chi connectivity index (χ3v) is 10.7. The maximum Gasteiger partial charge on any atom is 0.262 e. The quantitative estimate of drug-likeness (QED) is 0.140. The molecule has 47 heavy (non-hydrogen) atoms. The zero-order chi connectivity index (χ0) is 33.0. The molecular weight excluding hydrogens is 681 g/mol. The summed E-state index contributed by atoms with van der Waals surface area (Å²) in [5.41, 5.74) is 5.61. The van der Waals surface area contributed by atoms with Crippen LogP contribution in [-0.4, -0.2) is 56.9 Å². The SMILES string of the molecule is COc1cc2c(cc1Nc1ncc(Br)c(Nc3ccccc3P(C)(C)=O)n1)-c1cnn(C)c1CCC2N1C(=O)c2ccccc2C1=O. The van der Waals surface area contributed by atoms with Crippen LogP contribution in [0, 0.1) is 0 Å². The molecule has 1 aliphatic carbocycles. The van der Waals surface area contributed by atoms with Gasteiger partial charge in [0, 0.05) is 29.8 Å². The van der Waals surface area contributed by atoms with Gasteiger partial charge < -0.3 is 19.9 Å². The van der Waals surface area contributed by atoms with E-state index < -0.39 is 13.2 Å². The zero-order valence-corrected chi connectivity index (χ0v) is 28.6. The van der Waals surface area contributed by atoms with Gasteiger partial charge in [-0.1, -0.05) is 24.3 Å². The number of methoxy groups -OCH3 is 1. The summed E-state index contributed by atoms with van der Waals surface area (Å²) in [5.74, 6) is 0.650. The average molecular weight is 713 g/mol. The third-order valence-electron chi connectivity index (χ3n) is 8.60. The van der Waals surface area contributed by atoms with Gasteiger partial charge >= 0.3 is 0 Å². The lowest BCUT2D eigenvalue weighted by Gasteiger charge is -2.28. The highest BCUT2D eigenvalue weighted by Crippen LogP contribution is 2.46. The van der Waals surface area contributed by atoms with Crippen LogP contribution in [0.4, 0.5) is 23.1 Å². The van der Waals surface area contributed by atoms with Gasteiger partial charge in [0.2, 0.25) is 5.95 Å². The molecule has 2 aliphatic rings. The predicted molar refractivity (Wildman–Crippen MR) is 185 cm³/mol. The Bertz CT molecular complexity index is 2110. The second-order valence-electron chi connectivity index (χ2n) is 11.9. The molecule has 238 valence electrons. The fraction of sp³-hybridized carbons (Fsp3) is 0.206. The molecule has 3 heterocycles. The van der Waals surface area contributed by atoms with Crippen molar-refractivity contribution in [3.05, 3.63) is 99.9 Å². The number of para-hydroxylation sites is 1. The molecule has 0 saturated heterocycles. The lowest BCUT2D eigenvalue weighted by atomic mass is 9.94. The van der Waals surface area contributed by atoms with Gasteiger partial charge in [-0.25, -0.2) is 4.98 Å². The first kappa shape index (κ1) is 30.8. The van der Waals surface area contributed by atoms with E-state index in [0.29, 0.717) is 62.6 Å². The fourth-order valence-electron chi connectivity index (χ4n) is 6.36. The van der Waals surface area contributed by atoms with Crippen LogP contribution < -0.4 is 20.7 Å². The summed E-state index contributed by atoms with van der Waals surface area (Å²) >= 11 is 3.54. The number of rotatable bonds is 7. The molecule has 2 aromatic heterocycles. The van der Waals surface area contributed by atoms with E-state index in [1.54, 1.807) is 50.9 Å². The molecule has 2 amide bonds. The fourth-order valence-corrected chi connectivity index (χ4v) is 7.80. The van der Waals surface area contributed by atoms with Crippen LogP contribution in [0.5, 0.6) is 5.75 Å². The number of anilines is 4. The molecule has 3 aromatic carbocycles. The van der Waals surface area contributed by atoms with Crippen LogP contribution in [0.1, 0.15) is 44.4 Å². The smallest absolute Gasteiger partial charge is 0.262 e. The van der Waals surface area contributed by atoms with Crippen molar-refractivity contribution in [2.24, 2.45) is 7.05 Å². The lowest BCUT2D eigenvalue weighted by molar-refractivity contribution is 0.0574. The van der Waals surface area contributed by atoms with Crippen molar-refractivity contribution < 1.29 is 18.9 Å². The zero-order valence-electron chi connectivity index (χ0n) is 26.1. The van der Waals surface area contributed by atoms with Gasteiger partial charge in [-0.15, -0.1) is 0 Å². The van der Waals surface area contributed by atoms with Crippen molar-refractivity contribution in [2.75, 3.05) is 31.1 Å². The van der Waals surface area contributed by atoms with Crippen molar-refractivity contribution in [3.63, 3.8) is 0 Å². The number of nitrogens with one attached hydrogen (secondary N) is 2. The Kier molecular flexibility index (Phi) is 7.72. The lowest BCUT2D eigenvalue weighted by Crippen LogP contribution is -2.34. The van der Waals surface area contributed by atoms with Crippen LogP contribution in [0.2, 0.25) is 0 Å². The number of aryl methyl sites for hydroxylation is 1. The third kappa shape index (κ3) is 5.41. The van der Waals surface area contributed by atoms with E-state index in [-0.39, 0.29) is 11.8 Å². The molecule has 0 radical (unpaired) electrons. The number of amides is 2. The molecule has 13 heteroatoms. The van der Waals surface area contributed by atoms with Gasteiger partial charge in [0.1, 0.15) is 18.7 Å². The number of carbonyl (C=O) groups excluding carboxylic acids is 2. The Labute approximate surface area is 279 Å². The Balaban J connectivity index is 1.29. The normalized spacial score (nSPS) is 15.5. The number of ether oxygens (including phenoxy) is 1. The minimum absolute atomic E-state index is 0.291. The number of benzene rings is 3. The van der Waals surface area contributed by atoms with Crippen molar-refractivity contribution in [2.45, 2.75) is 18.9 Å². The molecule has 0 saturated carbocycles. The highest BCUT2D eigenvalue weighted by Gasteiger charge is 2.42. The van der Waals surface area contributed by atoms with Gasteiger partial charge in [0.25, 0.3) is 11.8 Å². The second kappa shape index (κ2) is 11.8. The molecule has 7 rings (SSSR count). The molecule has 1 atom stereocenters. The summed E-state index contributed by atoms with van der Waals surface area (Å²) in [6, 6.07) is 17.7. The van der Waals surface area contributed by atoms with E-state index in [1.165, 1.54) is 4.90 Å². The van der Waals surface area contributed by atoms with Gasteiger partial charge in [0.15, 0.2) is 0 Å². The molecule has 2 N–H and O–H groups in total. The molecule has 5 aromatic rings. The maximum atomic E-state index is 13.6. The monoisotopic (exact) mass is 711 g/mol. The number of fused-ring (bicyclic) bond motifs is 4. The molecular formula is C34H31BrN7O4P. The largest absolute Gasteiger partial charge is 0.495 e. The Morgan fingerprint density at radius 3 is 2.32 bits per heavy atom. The Morgan fingerprint density at radius 2 is 1.62 bits per heavy atom. The minimum atomic E-state index is -2.57. The summed E-state index contributed by atoms with van der Waals surface area (Å²) in [7, 11) is 0.888.